The molecule has 0 unspecified atom stereocenters. The molecule has 0 spiro atoms. The number of nitrogens with one attached hydrogen (secondary N) is 1. The highest BCUT2D eigenvalue weighted by atomic mass is 32.2. The zero-order valence-corrected chi connectivity index (χ0v) is 15.0. The van der Waals surface area contributed by atoms with E-state index in [2.05, 4.69) is 14.9 Å². The summed E-state index contributed by atoms with van der Waals surface area (Å²) in [7, 11) is -3.71. The van der Waals surface area contributed by atoms with Crippen molar-refractivity contribution in [3.05, 3.63) is 35.2 Å². The average molecular weight is 361 g/mol. The third-order valence-corrected chi connectivity index (χ3v) is 6.57. The second kappa shape index (κ2) is 6.78. The molecule has 6 nitrogen and oxygen atoms in total. The number of nitrogens with zero attached hydrogens (tertiary/aromatic N) is 2. The molecule has 2 aliphatic rings. The predicted octanol–water partition coefficient (Wildman–Crippen LogP) is 3.48. The van der Waals surface area contributed by atoms with Gasteiger partial charge in [-0.05, 0) is 67.7 Å². The minimum atomic E-state index is -3.71. The van der Waals surface area contributed by atoms with Gasteiger partial charge < -0.3 is 4.42 Å². The summed E-state index contributed by atoms with van der Waals surface area (Å²) in [5, 5.41) is 7.83. The first kappa shape index (κ1) is 16.6. The molecule has 2 aromatic rings. The van der Waals surface area contributed by atoms with Gasteiger partial charge >= 0.3 is 6.01 Å². The number of rotatable bonds is 5. The quantitative estimate of drug-likeness (QED) is 0.881. The van der Waals surface area contributed by atoms with Crippen LogP contribution in [0.4, 0.5) is 6.01 Å². The Morgan fingerprint density at radius 2 is 1.80 bits per heavy atom. The van der Waals surface area contributed by atoms with Crippen LogP contribution in [0.3, 0.4) is 0 Å². The first-order valence-corrected chi connectivity index (χ1v) is 10.6. The number of hydrogen-bond acceptors (Lipinski definition) is 5. The standard InChI is InChI=1S/C18H23N3O3S/c22-25(23,16-10-9-14-7-3-4-8-15(14)12-16)21-18-20-19-17(24-18)11-13-5-1-2-6-13/h9-10,12-13H,1-8,11H2,(H,20,21). The molecule has 0 saturated heterocycles. The fraction of sp³-hybridized carbons (Fsp3) is 0.556. The van der Waals surface area contributed by atoms with E-state index in [1.165, 1.54) is 37.7 Å². The molecule has 1 saturated carbocycles. The largest absolute Gasteiger partial charge is 0.407 e. The van der Waals surface area contributed by atoms with Crippen LogP contribution in [0.1, 0.15) is 55.5 Å². The van der Waals surface area contributed by atoms with Gasteiger partial charge in [-0.3, -0.25) is 0 Å². The number of aromatic nitrogens is 2. The van der Waals surface area contributed by atoms with Crippen LogP contribution < -0.4 is 4.72 Å². The normalized spacial score (nSPS) is 18.2. The zero-order valence-electron chi connectivity index (χ0n) is 14.2. The van der Waals surface area contributed by atoms with Crippen molar-refractivity contribution in [2.45, 2.75) is 62.7 Å². The molecule has 1 aromatic heterocycles. The van der Waals surface area contributed by atoms with Crippen molar-refractivity contribution < 1.29 is 12.8 Å². The Hall–Kier alpha value is -1.89. The Kier molecular flexibility index (Phi) is 4.50. The molecule has 0 radical (unpaired) electrons. The van der Waals surface area contributed by atoms with E-state index in [9.17, 15) is 8.42 Å². The fourth-order valence-electron chi connectivity index (χ4n) is 3.89. The minimum absolute atomic E-state index is 0.0503. The minimum Gasteiger partial charge on any atom is -0.407 e. The lowest BCUT2D eigenvalue weighted by Gasteiger charge is -2.16. The number of aryl methyl sites for hydroxylation is 2. The zero-order chi connectivity index (χ0) is 17.3. The summed E-state index contributed by atoms with van der Waals surface area (Å²) in [6, 6.07) is 5.29. The number of hydrogen-bond donors (Lipinski definition) is 1. The Labute approximate surface area is 148 Å². The third-order valence-electron chi connectivity index (χ3n) is 5.26. The smallest absolute Gasteiger partial charge is 0.329 e. The van der Waals surface area contributed by atoms with Crippen molar-refractivity contribution in [3.8, 4) is 0 Å². The third kappa shape index (κ3) is 3.71. The maximum absolute atomic E-state index is 12.6. The molecule has 2 aliphatic carbocycles. The highest BCUT2D eigenvalue weighted by Crippen LogP contribution is 2.28. The highest BCUT2D eigenvalue weighted by molar-refractivity contribution is 7.92. The van der Waals surface area contributed by atoms with Gasteiger partial charge in [-0.1, -0.05) is 24.0 Å². The summed E-state index contributed by atoms with van der Waals surface area (Å²) in [5.41, 5.74) is 2.38. The van der Waals surface area contributed by atoms with Crippen LogP contribution in [-0.2, 0) is 29.3 Å². The molecule has 4 rings (SSSR count). The Morgan fingerprint density at radius 1 is 1.04 bits per heavy atom. The number of anilines is 1. The lowest BCUT2D eigenvalue weighted by Crippen LogP contribution is -2.14. The molecule has 1 aromatic carbocycles. The molecule has 1 N–H and O–H groups in total. The summed E-state index contributed by atoms with van der Waals surface area (Å²) < 4.78 is 33.1. The molecule has 25 heavy (non-hydrogen) atoms. The van der Waals surface area contributed by atoms with E-state index in [0.29, 0.717) is 11.8 Å². The van der Waals surface area contributed by atoms with E-state index in [1.54, 1.807) is 12.1 Å². The predicted molar refractivity (Wildman–Crippen MR) is 93.9 cm³/mol. The van der Waals surface area contributed by atoms with Gasteiger partial charge in [0.1, 0.15) is 0 Å². The van der Waals surface area contributed by atoms with Gasteiger partial charge in [-0.15, -0.1) is 5.10 Å². The van der Waals surface area contributed by atoms with Gasteiger partial charge in [-0.2, -0.15) is 0 Å². The molecule has 1 heterocycles. The summed E-state index contributed by atoms with van der Waals surface area (Å²) in [5.74, 6) is 1.08. The molecule has 7 heteroatoms. The molecule has 0 atom stereocenters. The van der Waals surface area contributed by atoms with Crippen LogP contribution in [0, 0.1) is 5.92 Å². The van der Waals surface area contributed by atoms with Crippen molar-refractivity contribution >= 4 is 16.0 Å². The summed E-state index contributed by atoms with van der Waals surface area (Å²) in [6.45, 7) is 0. The van der Waals surface area contributed by atoms with Crippen molar-refractivity contribution in [1.82, 2.24) is 10.2 Å². The van der Waals surface area contributed by atoms with Crippen molar-refractivity contribution in [2.24, 2.45) is 5.92 Å². The van der Waals surface area contributed by atoms with Crippen molar-refractivity contribution in [2.75, 3.05) is 4.72 Å². The van der Waals surface area contributed by atoms with Gasteiger partial charge in [0.05, 0.1) is 4.90 Å². The van der Waals surface area contributed by atoms with E-state index in [1.807, 2.05) is 6.07 Å². The molecule has 0 bridgehead atoms. The van der Waals surface area contributed by atoms with Crippen LogP contribution >= 0.6 is 0 Å². The first-order chi connectivity index (χ1) is 12.1. The fourth-order valence-corrected chi connectivity index (χ4v) is 4.86. The van der Waals surface area contributed by atoms with E-state index in [-0.39, 0.29) is 10.9 Å². The van der Waals surface area contributed by atoms with Crippen molar-refractivity contribution in [3.63, 3.8) is 0 Å². The summed E-state index contributed by atoms with van der Waals surface area (Å²) in [4.78, 5) is 0.253. The van der Waals surface area contributed by atoms with Crippen LogP contribution in [-0.4, -0.2) is 18.6 Å². The molecular weight excluding hydrogens is 338 g/mol. The number of fused-ring (bicyclic) bond motifs is 1. The van der Waals surface area contributed by atoms with Crippen molar-refractivity contribution in [1.29, 1.82) is 0 Å². The highest BCUT2D eigenvalue weighted by Gasteiger charge is 2.22. The van der Waals surface area contributed by atoms with E-state index in [4.69, 9.17) is 4.42 Å². The summed E-state index contributed by atoms with van der Waals surface area (Å²) in [6.07, 6.45) is 9.82. The van der Waals surface area contributed by atoms with Crippen LogP contribution in [0.2, 0.25) is 0 Å². The number of sulfonamides is 1. The van der Waals surface area contributed by atoms with Gasteiger partial charge in [0.2, 0.25) is 5.89 Å². The molecule has 0 aliphatic heterocycles. The maximum atomic E-state index is 12.6. The maximum Gasteiger partial charge on any atom is 0.329 e. The second-order valence-corrected chi connectivity index (χ2v) is 8.78. The number of benzene rings is 1. The molecular formula is C18H23N3O3S. The van der Waals surface area contributed by atoms with Gasteiger partial charge in [0, 0.05) is 6.42 Å². The van der Waals surface area contributed by atoms with Gasteiger partial charge in [0.25, 0.3) is 10.0 Å². The lowest BCUT2D eigenvalue weighted by atomic mass is 9.92. The van der Waals surface area contributed by atoms with E-state index < -0.39 is 10.0 Å². The lowest BCUT2D eigenvalue weighted by molar-refractivity contribution is 0.439. The van der Waals surface area contributed by atoms with Gasteiger partial charge in [0.15, 0.2) is 0 Å². The van der Waals surface area contributed by atoms with Crippen LogP contribution in [0.25, 0.3) is 0 Å². The summed E-state index contributed by atoms with van der Waals surface area (Å²) >= 11 is 0. The van der Waals surface area contributed by atoms with E-state index in [0.717, 1.165) is 31.2 Å². The van der Waals surface area contributed by atoms with Gasteiger partial charge in [-0.25, -0.2) is 13.1 Å². The Morgan fingerprint density at radius 3 is 2.60 bits per heavy atom. The molecule has 0 amide bonds. The second-order valence-electron chi connectivity index (χ2n) is 7.10. The monoisotopic (exact) mass is 361 g/mol. The van der Waals surface area contributed by atoms with E-state index >= 15 is 0 Å². The van der Waals surface area contributed by atoms with Crippen LogP contribution in [0.15, 0.2) is 27.5 Å². The van der Waals surface area contributed by atoms with Crippen LogP contribution in [0.5, 0.6) is 0 Å². The Bertz CT molecular complexity index is 854. The molecule has 134 valence electrons. The Balaban J connectivity index is 1.48. The SMILES string of the molecule is O=S(=O)(Nc1nnc(CC2CCCC2)o1)c1ccc2c(c1)CCCC2. The topological polar surface area (TPSA) is 85.1 Å². The first-order valence-electron chi connectivity index (χ1n) is 9.07. The average Bonchev–Trinajstić information content (AvgIpc) is 3.27. The molecule has 1 fully saturated rings.